The van der Waals surface area contributed by atoms with Gasteiger partial charge in [-0.2, -0.15) is 0 Å². The maximum absolute atomic E-state index is 13.1. The third kappa shape index (κ3) is 3.28. The van der Waals surface area contributed by atoms with E-state index in [1.54, 1.807) is 0 Å². The van der Waals surface area contributed by atoms with Crippen LogP contribution in [0.5, 0.6) is 0 Å². The maximum atomic E-state index is 13.1. The van der Waals surface area contributed by atoms with Crippen molar-refractivity contribution in [2.75, 3.05) is 0 Å². The van der Waals surface area contributed by atoms with Gasteiger partial charge in [-0.05, 0) is 12.5 Å². The normalized spacial score (nSPS) is 12.5. The summed E-state index contributed by atoms with van der Waals surface area (Å²) in [6.45, 7) is 0. The lowest BCUT2D eigenvalue weighted by molar-refractivity contribution is -0.137. The molecule has 0 aromatic heterocycles. The molecule has 5 heteroatoms. The monoisotopic (exact) mass is 216 g/mol. The first-order valence-corrected chi connectivity index (χ1v) is 4.35. The van der Waals surface area contributed by atoms with E-state index in [-0.39, 0.29) is 18.4 Å². The van der Waals surface area contributed by atoms with Crippen LogP contribution in [0.2, 0.25) is 0 Å². The SMILES string of the molecule is O=C(O)CCC(O)c1ccc(F)cc1F. The minimum Gasteiger partial charge on any atom is -0.481 e. The zero-order chi connectivity index (χ0) is 11.4. The largest absolute Gasteiger partial charge is 0.481 e. The number of rotatable bonds is 4. The number of carbonyl (C=O) groups is 1. The molecule has 0 amide bonds. The third-order valence-electron chi connectivity index (χ3n) is 1.95. The van der Waals surface area contributed by atoms with Crippen molar-refractivity contribution >= 4 is 5.97 Å². The first-order valence-electron chi connectivity index (χ1n) is 4.35. The molecule has 1 rings (SSSR count). The fourth-order valence-corrected chi connectivity index (χ4v) is 1.19. The quantitative estimate of drug-likeness (QED) is 0.807. The molecule has 0 aliphatic rings. The minimum atomic E-state index is -1.22. The van der Waals surface area contributed by atoms with Crippen molar-refractivity contribution in [2.45, 2.75) is 18.9 Å². The Bertz CT molecular complexity index is 366. The van der Waals surface area contributed by atoms with E-state index in [1.165, 1.54) is 0 Å². The number of aliphatic hydroxyl groups excluding tert-OH is 1. The zero-order valence-electron chi connectivity index (χ0n) is 7.78. The summed E-state index contributed by atoms with van der Waals surface area (Å²) in [7, 11) is 0. The molecule has 3 nitrogen and oxygen atoms in total. The van der Waals surface area contributed by atoms with Crippen LogP contribution >= 0.6 is 0 Å². The summed E-state index contributed by atoms with van der Waals surface area (Å²) in [5.74, 6) is -2.67. The second-order valence-electron chi connectivity index (χ2n) is 3.11. The highest BCUT2D eigenvalue weighted by Gasteiger charge is 2.14. The predicted octanol–water partition coefficient (Wildman–Crippen LogP) is 1.86. The van der Waals surface area contributed by atoms with Crippen molar-refractivity contribution in [3.63, 3.8) is 0 Å². The van der Waals surface area contributed by atoms with Crippen molar-refractivity contribution in [2.24, 2.45) is 0 Å². The second kappa shape index (κ2) is 4.84. The lowest BCUT2D eigenvalue weighted by Gasteiger charge is -2.10. The summed E-state index contributed by atoms with van der Waals surface area (Å²) < 4.78 is 25.6. The molecule has 15 heavy (non-hydrogen) atoms. The standard InChI is InChI=1S/C10H10F2O3/c11-6-1-2-7(8(12)5-6)9(13)3-4-10(14)15/h1-2,5,9,13H,3-4H2,(H,14,15). The summed E-state index contributed by atoms with van der Waals surface area (Å²) in [6, 6.07) is 2.78. The second-order valence-corrected chi connectivity index (χ2v) is 3.11. The smallest absolute Gasteiger partial charge is 0.303 e. The highest BCUT2D eigenvalue weighted by Crippen LogP contribution is 2.21. The Morgan fingerprint density at radius 2 is 2.07 bits per heavy atom. The van der Waals surface area contributed by atoms with Crippen molar-refractivity contribution in [3.05, 3.63) is 35.4 Å². The van der Waals surface area contributed by atoms with Gasteiger partial charge in [-0.3, -0.25) is 4.79 Å². The first-order chi connectivity index (χ1) is 7.00. The number of hydrogen-bond acceptors (Lipinski definition) is 2. The van der Waals surface area contributed by atoms with Gasteiger partial charge >= 0.3 is 5.97 Å². The Balaban J connectivity index is 2.73. The van der Waals surface area contributed by atoms with E-state index in [9.17, 15) is 18.7 Å². The molecule has 0 saturated carbocycles. The van der Waals surface area contributed by atoms with E-state index >= 15 is 0 Å². The van der Waals surface area contributed by atoms with E-state index in [1.807, 2.05) is 0 Å². The fraction of sp³-hybridized carbons (Fsp3) is 0.300. The van der Waals surface area contributed by atoms with E-state index < -0.39 is 23.7 Å². The Labute approximate surface area is 85.0 Å². The molecule has 1 aromatic rings. The van der Waals surface area contributed by atoms with Gasteiger partial charge in [0, 0.05) is 18.1 Å². The van der Waals surface area contributed by atoms with Gasteiger partial charge in [-0.15, -0.1) is 0 Å². The number of hydrogen-bond donors (Lipinski definition) is 2. The van der Waals surface area contributed by atoms with Crippen LogP contribution in [-0.2, 0) is 4.79 Å². The molecular formula is C10H10F2O3. The Morgan fingerprint density at radius 1 is 1.40 bits per heavy atom. The molecule has 82 valence electrons. The van der Waals surface area contributed by atoms with E-state index in [0.717, 1.165) is 12.1 Å². The van der Waals surface area contributed by atoms with E-state index in [4.69, 9.17) is 5.11 Å². The third-order valence-corrected chi connectivity index (χ3v) is 1.95. The molecule has 0 aliphatic carbocycles. The lowest BCUT2D eigenvalue weighted by atomic mass is 10.0. The Hall–Kier alpha value is -1.49. The van der Waals surface area contributed by atoms with Crippen LogP contribution < -0.4 is 0 Å². The highest BCUT2D eigenvalue weighted by atomic mass is 19.1. The van der Waals surface area contributed by atoms with Crippen LogP contribution in [0, 0.1) is 11.6 Å². The predicted molar refractivity (Wildman–Crippen MR) is 48.2 cm³/mol. The highest BCUT2D eigenvalue weighted by molar-refractivity contribution is 5.66. The number of carboxylic acid groups (broad SMARTS) is 1. The van der Waals surface area contributed by atoms with Crippen LogP contribution in [0.1, 0.15) is 24.5 Å². The molecule has 1 atom stereocenters. The van der Waals surface area contributed by atoms with Crippen molar-refractivity contribution in [3.8, 4) is 0 Å². The van der Waals surface area contributed by atoms with Crippen LogP contribution in [0.15, 0.2) is 18.2 Å². The molecule has 0 fully saturated rings. The van der Waals surface area contributed by atoms with Gasteiger partial charge in [0.25, 0.3) is 0 Å². The van der Waals surface area contributed by atoms with E-state index in [0.29, 0.717) is 6.07 Å². The maximum Gasteiger partial charge on any atom is 0.303 e. The molecule has 0 saturated heterocycles. The summed E-state index contributed by atoms with van der Waals surface area (Å²) in [5, 5.41) is 17.8. The van der Waals surface area contributed by atoms with Gasteiger partial charge in [-0.1, -0.05) is 6.07 Å². The Morgan fingerprint density at radius 3 is 2.60 bits per heavy atom. The molecule has 0 radical (unpaired) electrons. The molecule has 1 unspecified atom stereocenters. The molecule has 0 heterocycles. The van der Waals surface area contributed by atoms with E-state index in [2.05, 4.69) is 0 Å². The van der Waals surface area contributed by atoms with Gasteiger partial charge in [-0.25, -0.2) is 8.78 Å². The fourth-order valence-electron chi connectivity index (χ4n) is 1.19. The average Bonchev–Trinajstić information content (AvgIpc) is 2.14. The molecular weight excluding hydrogens is 206 g/mol. The first kappa shape index (κ1) is 11.6. The number of halogens is 2. The minimum absolute atomic E-state index is 0.0855. The molecule has 0 bridgehead atoms. The number of aliphatic carboxylic acids is 1. The van der Waals surface area contributed by atoms with Gasteiger partial charge in [0.15, 0.2) is 0 Å². The molecule has 2 N–H and O–H groups in total. The van der Waals surface area contributed by atoms with Crippen molar-refractivity contribution in [1.82, 2.24) is 0 Å². The lowest BCUT2D eigenvalue weighted by Crippen LogP contribution is -2.04. The van der Waals surface area contributed by atoms with Crippen molar-refractivity contribution in [1.29, 1.82) is 0 Å². The zero-order valence-corrected chi connectivity index (χ0v) is 7.78. The number of carboxylic acids is 1. The van der Waals surface area contributed by atoms with Gasteiger partial charge in [0.1, 0.15) is 11.6 Å². The summed E-state index contributed by atoms with van der Waals surface area (Å²) >= 11 is 0. The average molecular weight is 216 g/mol. The van der Waals surface area contributed by atoms with Crippen LogP contribution in [0.25, 0.3) is 0 Å². The summed E-state index contributed by atoms with van der Waals surface area (Å²) in [5.41, 5.74) is -0.0855. The van der Waals surface area contributed by atoms with Crippen LogP contribution in [0.3, 0.4) is 0 Å². The van der Waals surface area contributed by atoms with Gasteiger partial charge in [0.05, 0.1) is 6.10 Å². The molecule has 0 spiro atoms. The number of benzene rings is 1. The molecule has 0 aliphatic heterocycles. The summed E-state index contributed by atoms with van der Waals surface area (Å²) in [4.78, 5) is 10.2. The van der Waals surface area contributed by atoms with Crippen LogP contribution in [-0.4, -0.2) is 16.2 Å². The Kier molecular flexibility index (Phi) is 3.74. The van der Waals surface area contributed by atoms with Gasteiger partial charge < -0.3 is 10.2 Å². The topological polar surface area (TPSA) is 57.5 Å². The molecule has 1 aromatic carbocycles. The summed E-state index contributed by atoms with van der Waals surface area (Å²) in [6.07, 6.45) is -1.59. The number of aliphatic hydroxyl groups is 1. The van der Waals surface area contributed by atoms with Crippen LogP contribution in [0.4, 0.5) is 8.78 Å². The van der Waals surface area contributed by atoms with Gasteiger partial charge in [0.2, 0.25) is 0 Å². The van der Waals surface area contributed by atoms with Crippen molar-refractivity contribution < 1.29 is 23.8 Å².